The summed E-state index contributed by atoms with van der Waals surface area (Å²) in [7, 11) is 1.80. The van der Waals surface area contributed by atoms with E-state index in [1.807, 2.05) is 0 Å². The van der Waals surface area contributed by atoms with E-state index in [4.69, 9.17) is 4.98 Å². The van der Waals surface area contributed by atoms with Gasteiger partial charge in [-0.25, -0.2) is 4.98 Å². The quantitative estimate of drug-likeness (QED) is 0.359. The lowest BCUT2D eigenvalue weighted by molar-refractivity contribution is 0.549. The van der Waals surface area contributed by atoms with Crippen LogP contribution in [0.4, 0.5) is 0 Å². The first kappa shape index (κ1) is 22.9. The van der Waals surface area contributed by atoms with Crippen LogP contribution >= 0.6 is 35.3 Å². The second-order valence-corrected chi connectivity index (χ2v) is 8.38. The zero-order chi connectivity index (χ0) is 18.4. The Balaban J connectivity index is 0.00000338. The first-order chi connectivity index (χ1) is 11.8. The van der Waals surface area contributed by atoms with Gasteiger partial charge in [0.25, 0.3) is 0 Å². The van der Waals surface area contributed by atoms with Gasteiger partial charge in [0.1, 0.15) is 5.01 Å². The molecule has 4 nitrogen and oxygen atoms in total. The van der Waals surface area contributed by atoms with Crippen LogP contribution in [0.15, 0.2) is 40.7 Å². The molecule has 0 aliphatic rings. The molecule has 0 saturated heterocycles. The summed E-state index contributed by atoms with van der Waals surface area (Å²) in [6, 6.07) is 10.8. The minimum absolute atomic E-state index is 0. The Morgan fingerprint density at radius 2 is 1.85 bits per heavy atom. The van der Waals surface area contributed by atoms with Crippen LogP contribution in [-0.4, -0.2) is 24.0 Å². The molecule has 0 aliphatic heterocycles. The predicted octanol–water partition coefficient (Wildman–Crippen LogP) is 4.92. The van der Waals surface area contributed by atoms with Gasteiger partial charge in [0.2, 0.25) is 0 Å². The number of thiazole rings is 1. The Kier molecular flexibility index (Phi) is 9.03. The number of hydrogen-bond donors (Lipinski definition) is 2. The first-order valence-corrected chi connectivity index (χ1v) is 9.66. The monoisotopic (exact) mass is 486 g/mol. The molecule has 26 heavy (non-hydrogen) atoms. The van der Waals surface area contributed by atoms with Crippen molar-refractivity contribution < 1.29 is 0 Å². The Morgan fingerprint density at radius 1 is 1.19 bits per heavy atom. The third-order valence-corrected chi connectivity index (χ3v) is 5.24. The van der Waals surface area contributed by atoms with Crippen molar-refractivity contribution in [2.75, 3.05) is 7.05 Å². The van der Waals surface area contributed by atoms with Crippen LogP contribution in [0, 0.1) is 0 Å². The highest BCUT2D eigenvalue weighted by molar-refractivity contribution is 14.0. The number of benzene rings is 1. The van der Waals surface area contributed by atoms with E-state index in [1.165, 1.54) is 5.56 Å². The molecular formula is C20H31IN4S. The van der Waals surface area contributed by atoms with Gasteiger partial charge in [0.15, 0.2) is 5.96 Å². The molecule has 2 N–H and O–H groups in total. The number of aromatic nitrogens is 1. The van der Waals surface area contributed by atoms with Crippen LogP contribution in [0.5, 0.6) is 0 Å². The van der Waals surface area contributed by atoms with Crippen molar-refractivity contribution in [2.45, 2.75) is 58.5 Å². The highest BCUT2D eigenvalue weighted by Crippen LogP contribution is 2.23. The van der Waals surface area contributed by atoms with Gasteiger partial charge in [-0.3, -0.25) is 4.99 Å². The number of nitrogens with one attached hydrogen (secondary N) is 2. The summed E-state index contributed by atoms with van der Waals surface area (Å²) < 4.78 is 0. The fourth-order valence-corrected chi connectivity index (χ4v) is 3.44. The zero-order valence-electron chi connectivity index (χ0n) is 16.5. The molecule has 2 aromatic rings. The van der Waals surface area contributed by atoms with Crippen LogP contribution in [-0.2, 0) is 12.0 Å². The Labute approximate surface area is 179 Å². The van der Waals surface area contributed by atoms with E-state index >= 15 is 0 Å². The molecule has 0 fully saturated rings. The lowest BCUT2D eigenvalue weighted by Gasteiger charge is -2.23. The summed E-state index contributed by atoms with van der Waals surface area (Å²) >= 11 is 1.69. The van der Waals surface area contributed by atoms with E-state index in [1.54, 1.807) is 18.4 Å². The second kappa shape index (κ2) is 10.3. The molecule has 1 heterocycles. The van der Waals surface area contributed by atoms with Gasteiger partial charge in [0.05, 0.1) is 12.2 Å². The predicted molar refractivity (Wildman–Crippen MR) is 124 cm³/mol. The van der Waals surface area contributed by atoms with E-state index in [0.29, 0.717) is 12.5 Å². The molecule has 2 unspecified atom stereocenters. The summed E-state index contributed by atoms with van der Waals surface area (Å²) in [5.74, 6) is 1.20. The molecule has 0 aliphatic carbocycles. The van der Waals surface area contributed by atoms with E-state index in [2.05, 4.69) is 86.0 Å². The highest BCUT2D eigenvalue weighted by atomic mass is 127. The lowest BCUT2D eigenvalue weighted by Crippen LogP contribution is -2.43. The summed E-state index contributed by atoms with van der Waals surface area (Å²) in [4.78, 5) is 9.07. The van der Waals surface area contributed by atoms with Gasteiger partial charge in [-0.15, -0.1) is 35.3 Å². The lowest BCUT2D eigenvalue weighted by atomic mass is 9.93. The van der Waals surface area contributed by atoms with Crippen molar-refractivity contribution >= 4 is 41.3 Å². The largest absolute Gasteiger partial charge is 0.353 e. The van der Waals surface area contributed by atoms with Gasteiger partial charge >= 0.3 is 0 Å². The number of nitrogens with zero attached hydrogens (tertiary/aromatic N) is 2. The van der Waals surface area contributed by atoms with Crippen LogP contribution in [0.2, 0.25) is 0 Å². The molecule has 2 atom stereocenters. The molecule has 1 aromatic heterocycles. The van der Waals surface area contributed by atoms with Crippen molar-refractivity contribution in [1.82, 2.24) is 15.6 Å². The Bertz CT molecular complexity index is 691. The standard InChI is InChI=1S/C20H30N4S.HI/c1-14(16-10-8-7-9-11-16)15(2)23-19(21-6)22-12-18-24-17(13-25-18)20(3,4)5;/h7-11,13-15H,12H2,1-6H3,(H2,21,22,23);1H. The van der Waals surface area contributed by atoms with Crippen molar-refractivity contribution in [3.8, 4) is 0 Å². The normalized spacial score (nSPS) is 14.3. The maximum Gasteiger partial charge on any atom is 0.191 e. The zero-order valence-corrected chi connectivity index (χ0v) is 19.7. The molecule has 0 radical (unpaired) electrons. The minimum Gasteiger partial charge on any atom is -0.353 e. The average molecular weight is 486 g/mol. The maximum atomic E-state index is 4.72. The van der Waals surface area contributed by atoms with Crippen LogP contribution < -0.4 is 10.6 Å². The topological polar surface area (TPSA) is 49.3 Å². The smallest absolute Gasteiger partial charge is 0.191 e. The van der Waals surface area contributed by atoms with E-state index < -0.39 is 0 Å². The van der Waals surface area contributed by atoms with Crippen LogP contribution in [0.1, 0.15) is 56.8 Å². The van der Waals surface area contributed by atoms with E-state index in [0.717, 1.165) is 16.7 Å². The molecule has 0 bridgehead atoms. The molecule has 0 amide bonds. The summed E-state index contributed by atoms with van der Waals surface area (Å²) in [6.45, 7) is 11.7. The Morgan fingerprint density at radius 3 is 2.38 bits per heavy atom. The highest BCUT2D eigenvalue weighted by Gasteiger charge is 2.18. The summed E-state index contributed by atoms with van der Waals surface area (Å²) in [5, 5.41) is 10.1. The fourth-order valence-electron chi connectivity index (χ4n) is 2.48. The SMILES string of the molecule is CN=C(NCc1nc(C(C)(C)C)cs1)NC(C)C(C)c1ccccc1.I. The molecular weight excluding hydrogens is 455 g/mol. The van der Waals surface area contributed by atoms with Crippen molar-refractivity contribution in [3.05, 3.63) is 52.0 Å². The van der Waals surface area contributed by atoms with Gasteiger partial charge in [-0.1, -0.05) is 58.0 Å². The summed E-state index contributed by atoms with van der Waals surface area (Å²) in [5.41, 5.74) is 2.56. The molecule has 1 aromatic carbocycles. The first-order valence-electron chi connectivity index (χ1n) is 8.78. The number of guanidine groups is 1. The number of rotatable bonds is 5. The van der Waals surface area contributed by atoms with Crippen molar-refractivity contribution in [2.24, 2.45) is 4.99 Å². The minimum atomic E-state index is 0. The van der Waals surface area contributed by atoms with Crippen molar-refractivity contribution in [1.29, 1.82) is 0 Å². The van der Waals surface area contributed by atoms with Gasteiger partial charge < -0.3 is 10.6 Å². The third-order valence-electron chi connectivity index (χ3n) is 4.39. The molecule has 0 spiro atoms. The summed E-state index contributed by atoms with van der Waals surface area (Å²) in [6.07, 6.45) is 0. The second-order valence-electron chi connectivity index (χ2n) is 7.43. The van der Waals surface area contributed by atoms with Gasteiger partial charge in [-0.05, 0) is 12.5 Å². The Hall–Kier alpha value is -1.15. The number of aliphatic imine (C=N–C) groups is 1. The molecule has 6 heteroatoms. The van der Waals surface area contributed by atoms with E-state index in [9.17, 15) is 0 Å². The van der Waals surface area contributed by atoms with Crippen molar-refractivity contribution in [3.63, 3.8) is 0 Å². The van der Waals surface area contributed by atoms with Gasteiger partial charge in [0, 0.05) is 29.8 Å². The maximum absolute atomic E-state index is 4.72. The van der Waals surface area contributed by atoms with Crippen LogP contribution in [0.3, 0.4) is 0 Å². The fraction of sp³-hybridized carbons (Fsp3) is 0.500. The average Bonchev–Trinajstić information content (AvgIpc) is 3.08. The van der Waals surface area contributed by atoms with Crippen LogP contribution in [0.25, 0.3) is 0 Å². The number of hydrogen-bond acceptors (Lipinski definition) is 3. The number of halogens is 1. The molecule has 144 valence electrons. The molecule has 2 rings (SSSR count). The van der Waals surface area contributed by atoms with Gasteiger partial charge in [-0.2, -0.15) is 0 Å². The molecule has 0 saturated carbocycles. The third kappa shape index (κ3) is 6.54. The van der Waals surface area contributed by atoms with E-state index in [-0.39, 0.29) is 35.4 Å².